The first-order valence-corrected chi connectivity index (χ1v) is 9.33. The second-order valence-corrected chi connectivity index (χ2v) is 6.68. The fourth-order valence-electron chi connectivity index (χ4n) is 3.13. The number of carbonyl (C=O) groups is 1. The van der Waals surface area contributed by atoms with Gasteiger partial charge >= 0.3 is 0 Å². The van der Waals surface area contributed by atoms with Gasteiger partial charge in [-0.25, -0.2) is 0 Å². The summed E-state index contributed by atoms with van der Waals surface area (Å²) >= 11 is 5.22. The Labute approximate surface area is 164 Å². The second-order valence-electron chi connectivity index (χ2n) is 6.29. The Morgan fingerprint density at radius 2 is 2.11 bits per heavy atom. The van der Waals surface area contributed by atoms with E-state index in [1.165, 1.54) is 4.57 Å². The summed E-state index contributed by atoms with van der Waals surface area (Å²) in [4.78, 5) is 27.9. The highest BCUT2D eigenvalue weighted by Gasteiger charge is 2.11. The molecule has 4 rings (SSSR count). The van der Waals surface area contributed by atoms with Gasteiger partial charge in [0.15, 0.2) is 10.4 Å². The third kappa shape index (κ3) is 3.20. The normalized spacial score (nSPS) is 11.2. The van der Waals surface area contributed by atoms with Gasteiger partial charge in [-0.1, -0.05) is 6.07 Å². The van der Waals surface area contributed by atoms with Gasteiger partial charge in [-0.05, 0) is 49.5 Å². The summed E-state index contributed by atoms with van der Waals surface area (Å²) in [5.41, 5.74) is 1.62. The first-order valence-electron chi connectivity index (χ1n) is 8.92. The van der Waals surface area contributed by atoms with Gasteiger partial charge in [0.2, 0.25) is 0 Å². The topological polar surface area (TPSA) is 97.1 Å². The van der Waals surface area contributed by atoms with E-state index < -0.39 is 0 Å². The fourth-order valence-corrected chi connectivity index (χ4v) is 3.46. The minimum Gasteiger partial charge on any atom is -0.352 e. The number of aromatic amines is 1. The summed E-state index contributed by atoms with van der Waals surface area (Å²) < 4.78 is 3.72. The van der Waals surface area contributed by atoms with Crippen LogP contribution < -0.4 is 10.9 Å². The predicted molar refractivity (Wildman–Crippen MR) is 108 cm³/mol. The number of fused-ring (bicyclic) bond motifs is 2. The van der Waals surface area contributed by atoms with E-state index in [0.29, 0.717) is 40.7 Å². The van der Waals surface area contributed by atoms with Crippen molar-refractivity contribution < 1.29 is 4.79 Å². The van der Waals surface area contributed by atoms with E-state index in [2.05, 4.69) is 20.5 Å². The minimum absolute atomic E-state index is 0.160. The standard InChI is InChI=1S/C19H18N6O2S/c1-2-24-18(27)13-7-6-12(11-14(13)21-19(24)28)17(26)20-9-8-16-23-22-15-5-3-4-10-25(15)16/h3-7,10-11H,2,8-9H2,1H3,(H,20,26)(H,21,28). The van der Waals surface area contributed by atoms with Crippen LogP contribution in [0.5, 0.6) is 0 Å². The molecule has 4 aromatic rings. The van der Waals surface area contributed by atoms with Crippen LogP contribution in [0.4, 0.5) is 0 Å². The molecule has 0 unspecified atom stereocenters. The van der Waals surface area contributed by atoms with Crippen LogP contribution in [-0.2, 0) is 13.0 Å². The number of nitrogens with zero attached hydrogens (tertiary/aromatic N) is 4. The van der Waals surface area contributed by atoms with Crippen molar-refractivity contribution in [2.75, 3.05) is 6.54 Å². The number of aromatic nitrogens is 5. The monoisotopic (exact) mass is 394 g/mol. The van der Waals surface area contributed by atoms with Crippen molar-refractivity contribution >= 4 is 34.7 Å². The summed E-state index contributed by atoms with van der Waals surface area (Å²) in [6, 6.07) is 10.6. The smallest absolute Gasteiger partial charge is 0.262 e. The highest BCUT2D eigenvalue weighted by molar-refractivity contribution is 7.71. The number of hydrogen-bond acceptors (Lipinski definition) is 5. The van der Waals surface area contributed by atoms with Gasteiger partial charge < -0.3 is 10.3 Å². The maximum Gasteiger partial charge on any atom is 0.262 e. The van der Waals surface area contributed by atoms with Crippen molar-refractivity contribution in [1.29, 1.82) is 0 Å². The summed E-state index contributed by atoms with van der Waals surface area (Å²) in [6.07, 6.45) is 2.44. The molecule has 0 aliphatic heterocycles. The fraction of sp³-hybridized carbons (Fsp3) is 0.211. The van der Waals surface area contributed by atoms with Crippen molar-refractivity contribution in [2.45, 2.75) is 19.9 Å². The Hall–Kier alpha value is -3.33. The molecule has 2 N–H and O–H groups in total. The van der Waals surface area contributed by atoms with Crippen molar-refractivity contribution in [3.05, 3.63) is 69.1 Å². The molecule has 28 heavy (non-hydrogen) atoms. The number of benzene rings is 1. The van der Waals surface area contributed by atoms with Crippen LogP contribution in [-0.4, -0.2) is 36.6 Å². The third-order valence-electron chi connectivity index (χ3n) is 4.58. The molecule has 0 atom stereocenters. The third-order valence-corrected chi connectivity index (χ3v) is 4.90. The highest BCUT2D eigenvalue weighted by atomic mass is 32.1. The molecule has 0 aliphatic rings. The largest absolute Gasteiger partial charge is 0.352 e. The van der Waals surface area contributed by atoms with Crippen LogP contribution in [0, 0.1) is 4.77 Å². The summed E-state index contributed by atoms with van der Waals surface area (Å²) in [7, 11) is 0. The molecular formula is C19H18N6O2S. The lowest BCUT2D eigenvalue weighted by Crippen LogP contribution is -2.26. The number of rotatable bonds is 5. The molecular weight excluding hydrogens is 376 g/mol. The number of hydrogen-bond donors (Lipinski definition) is 2. The van der Waals surface area contributed by atoms with Crippen molar-refractivity contribution in [2.24, 2.45) is 0 Å². The average Bonchev–Trinajstić information content (AvgIpc) is 3.11. The molecule has 3 heterocycles. The molecule has 142 valence electrons. The quantitative estimate of drug-likeness (QED) is 0.505. The molecule has 3 aromatic heterocycles. The molecule has 0 aliphatic carbocycles. The van der Waals surface area contributed by atoms with E-state index in [-0.39, 0.29) is 11.5 Å². The molecule has 9 heteroatoms. The Morgan fingerprint density at radius 3 is 2.93 bits per heavy atom. The number of amides is 1. The van der Waals surface area contributed by atoms with Crippen LogP contribution in [0.1, 0.15) is 23.1 Å². The number of pyridine rings is 1. The Kier molecular flexibility index (Phi) is 4.74. The SMILES string of the molecule is CCn1c(=S)[nH]c2cc(C(=O)NCCc3nnc4ccccn34)ccc2c1=O. The van der Waals surface area contributed by atoms with E-state index in [4.69, 9.17) is 12.2 Å². The van der Waals surface area contributed by atoms with Crippen LogP contribution >= 0.6 is 12.2 Å². The number of nitrogens with one attached hydrogen (secondary N) is 2. The van der Waals surface area contributed by atoms with Gasteiger partial charge in [-0.3, -0.25) is 18.6 Å². The Bertz CT molecular complexity index is 1300. The van der Waals surface area contributed by atoms with Crippen LogP contribution in [0.3, 0.4) is 0 Å². The van der Waals surface area contributed by atoms with E-state index in [9.17, 15) is 9.59 Å². The second kappa shape index (κ2) is 7.35. The minimum atomic E-state index is -0.227. The van der Waals surface area contributed by atoms with Crippen molar-refractivity contribution in [3.8, 4) is 0 Å². The van der Waals surface area contributed by atoms with Gasteiger partial charge in [-0.2, -0.15) is 0 Å². The Balaban J connectivity index is 1.51. The summed E-state index contributed by atoms with van der Waals surface area (Å²) in [5, 5.41) is 11.6. The maximum absolute atomic E-state index is 12.5. The number of carbonyl (C=O) groups excluding carboxylic acids is 1. The van der Waals surface area contributed by atoms with Gasteiger partial charge in [-0.15, -0.1) is 10.2 Å². The van der Waals surface area contributed by atoms with Crippen LogP contribution in [0.25, 0.3) is 16.6 Å². The summed E-state index contributed by atoms with van der Waals surface area (Å²) in [5.74, 6) is 0.549. The summed E-state index contributed by atoms with van der Waals surface area (Å²) in [6.45, 7) is 2.76. The average molecular weight is 394 g/mol. The number of H-pyrrole nitrogens is 1. The van der Waals surface area contributed by atoms with Gasteiger partial charge in [0.25, 0.3) is 11.5 Å². The first kappa shape index (κ1) is 18.1. The predicted octanol–water partition coefficient (Wildman–Crippen LogP) is 2.09. The van der Waals surface area contributed by atoms with Gasteiger partial charge in [0.05, 0.1) is 10.9 Å². The zero-order valence-corrected chi connectivity index (χ0v) is 16.0. The molecule has 0 radical (unpaired) electrons. The zero-order valence-electron chi connectivity index (χ0n) is 15.2. The maximum atomic E-state index is 12.5. The molecule has 1 aromatic carbocycles. The lowest BCUT2D eigenvalue weighted by Gasteiger charge is -2.08. The van der Waals surface area contributed by atoms with Crippen LogP contribution in [0.15, 0.2) is 47.4 Å². The molecule has 0 fully saturated rings. The van der Waals surface area contributed by atoms with E-state index in [1.807, 2.05) is 35.7 Å². The Morgan fingerprint density at radius 1 is 1.25 bits per heavy atom. The highest BCUT2D eigenvalue weighted by Crippen LogP contribution is 2.11. The van der Waals surface area contributed by atoms with E-state index >= 15 is 0 Å². The molecule has 8 nitrogen and oxygen atoms in total. The molecule has 0 saturated heterocycles. The van der Waals surface area contributed by atoms with Crippen molar-refractivity contribution in [3.63, 3.8) is 0 Å². The zero-order chi connectivity index (χ0) is 19.7. The molecule has 1 amide bonds. The lowest BCUT2D eigenvalue weighted by molar-refractivity contribution is 0.0954. The molecule has 0 bridgehead atoms. The molecule has 0 saturated carbocycles. The van der Waals surface area contributed by atoms with E-state index in [0.717, 1.165) is 11.5 Å². The first-order chi connectivity index (χ1) is 13.6. The van der Waals surface area contributed by atoms with E-state index in [1.54, 1.807) is 18.2 Å². The molecule has 0 spiro atoms. The van der Waals surface area contributed by atoms with Crippen LogP contribution in [0.2, 0.25) is 0 Å². The van der Waals surface area contributed by atoms with Gasteiger partial charge in [0, 0.05) is 31.3 Å². The lowest BCUT2D eigenvalue weighted by atomic mass is 10.1. The van der Waals surface area contributed by atoms with Gasteiger partial charge in [0.1, 0.15) is 5.82 Å². The van der Waals surface area contributed by atoms with Crippen molar-refractivity contribution in [1.82, 2.24) is 29.5 Å².